The Balaban J connectivity index is 1.30. The SMILES string of the molecule is CC(C)=CCC/C(C)=C/CC/C(C)=C/CC/C(C)=C/CC/C(C)=C/CC/C(C)=C/CC/C(C)=C/CC12OC1(C)C(=O)c1ccccc1C2=O. The average Bonchev–Trinajstić information content (AvgIpc) is 3.69. The van der Waals surface area contributed by atoms with E-state index in [1.807, 2.05) is 6.07 Å². The van der Waals surface area contributed by atoms with E-state index in [2.05, 4.69) is 97.9 Å². The van der Waals surface area contributed by atoms with Crippen LogP contribution in [0.15, 0.2) is 106 Å². The van der Waals surface area contributed by atoms with E-state index in [9.17, 15) is 9.59 Å². The van der Waals surface area contributed by atoms with Crippen LogP contribution in [-0.2, 0) is 4.74 Å². The van der Waals surface area contributed by atoms with Crippen LogP contribution in [0.2, 0.25) is 0 Å². The molecule has 266 valence electrons. The Hall–Kier alpha value is -3.30. The van der Waals surface area contributed by atoms with Gasteiger partial charge in [-0.3, -0.25) is 9.59 Å². The number of ketones is 2. The van der Waals surface area contributed by atoms with Gasteiger partial charge in [0.05, 0.1) is 0 Å². The van der Waals surface area contributed by atoms with Crippen molar-refractivity contribution in [2.75, 3.05) is 0 Å². The molecule has 1 aromatic rings. The Morgan fingerprint density at radius 3 is 1.20 bits per heavy atom. The summed E-state index contributed by atoms with van der Waals surface area (Å²) in [6.07, 6.45) is 30.2. The number of ether oxygens (including phenoxy) is 1. The molecule has 3 nitrogen and oxygen atoms in total. The second-order valence-corrected chi connectivity index (χ2v) is 15.2. The number of hydrogen-bond donors (Lipinski definition) is 0. The lowest BCUT2D eigenvalue weighted by atomic mass is 9.73. The first-order valence-corrected chi connectivity index (χ1v) is 18.7. The van der Waals surface area contributed by atoms with E-state index >= 15 is 0 Å². The lowest BCUT2D eigenvalue weighted by Gasteiger charge is -2.22. The number of allylic oxidation sites excluding steroid dienone is 13. The minimum atomic E-state index is -1.04. The third-order valence-electron chi connectivity index (χ3n) is 10.3. The first-order valence-electron chi connectivity index (χ1n) is 18.7. The zero-order valence-corrected chi connectivity index (χ0v) is 32.3. The van der Waals surface area contributed by atoms with Crippen molar-refractivity contribution in [1.29, 1.82) is 0 Å². The average molecular weight is 665 g/mol. The van der Waals surface area contributed by atoms with Gasteiger partial charge in [-0.25, -0.2) is 0 Å². The quantitative estimate of drug-likeness (QED) is 0.103. The van der Waals surface area contributed by atoms with Crippen molar-refractivity contribution in [3.63, 3.8) is 0 Å². The van der Waals surface area contributed by atoms with E-state index in [0.29, 0.717) is 17.5 Å². The summed E-state index contributed by atoms with van der Waals surface area (Å²) in [6, 6.07) is 7.09. The van der Waals surface area contributed by atoms with Crippen molar-refractivity contribution in [2.24, 2.45) is 0 Å². The summed E-state index contributed by atoms with van der Waals surface area (Å²) >= 11 is 0. The second-order valence-electron chi connectivity index (χ2n) is 15.2. The van der Waals surface area contributed by atoms with Crippen LogP contribution in [0.5, 0.6) is 0 Å². The molecule has 2 aliphatic rings. The highest BCUT2D eigenvalue weighted by atomic mass is 16.6. The normalized spacial score (nSPS) is 21.9. The topological polar surface area (TPSA) is 46.7 Å². The smallest absolute Gasteiger partial charge is 0.199 e. The maximum Gasteiger partial charge on any atom is 0.199 e. The predicted octanol–water partition coefficient (Wildman–Crippen LogP) is 13.3. The summed E-state index contributed by atoms with van der Waals surface area (Å²) in [5.74, 6) is -0.138. The van der Waals surface area contributed by atoms with Crippen LogP contribution >= 0.6 is 0 Å². The van der Waals surface area contributed by atoms with E-state index < -0.39 is 11.2 Å². The fourth-order valence-corrected chi connectivity index (χ4v) is 6.75. The number of fused-ring (bicyclic) bond motifs is 2. The van der Waals surface area contributed by atoms with Crippen LogP contribution in [0.1, 0.15) is 167 Å². The largest absolute Gasteiger partial charge is 0.345 e. The molecule has 3 heteroatoms. The minimum Gasteiger partial charge on any atom is -0.345 e. The Bertz CT molecular complexity index is 1530. The molecule has 2 atom stereocenters. The summed E-state index contributed by atoms with van der Waals surface area (Å²) in [5, 5.41) is 0. The summed E-state index contributed by atoms with van der Waals surface area (Å²) in [4.78, 5) is 26.3. The van der Waals surface area contributed by atoms with Gasteiger partial charge in [-0.05, 0) is 139 Å². The van der Waals surface area contributed by atoms with Gasteiger partial charge in [0.2, 0.25) is 0 Å². The molecule has 0 radical (unpaired) electrons. The highest BCUT2D eigenvalue weighted by Gasteiger charge is 2.77. The van der Waals surface area contributed by atoms with E-state index in [-0.39, 0.29) is 11.6 Å². The standard InChI is InChI=1S/C46H64O3/c1-34(2)18-12-19-35(3)20-13-21-36(4)22-14-23-37(5)24-15-25-38(6)26-16-27-39(7)28-17-29-40(8)32-33-46-44(48)42-31-11-10-30-41(42)43(47)45(46,9)49-46/h10-11,18,20,22,24,26,28,30-32H,12-17,19,21,23,25,27,29,33H2,1-9H3/b35-20+,36-22+,37-24+,38-26+,39-28+,40-32+. The van der Waals surface area contributed by atoms with Crippen molar-refractivity contribution in [3.05, 3.63) is 117 Å². The number of Topliss-reactive ketones (excluding diaryl/α,β-unsaturated/α-hetero) is 2. The Morgan fingerprint density at radius 2 is 0.837 bits per heavy atom. The van der Waals surface area contributed by atoms with Gasteiger partial charge in [0.1, 0.15) is 0 Å². The van der Waals surface area contributed by atoms with Crippen molar-refractivity contribution in [2.45, 2.75) is 157 Å². The molecule has 2 unspecified atom stereocenters. The zero-order chi connectivity index (χ0) is 36.0. The summed E-state index contributed by atoms with van der Waals surface area (Å²) in [7, 11) is 0. The number of carbonyl (C=O) groups excluding carboxylic acids is 2. The van der Waals surface area contributed by atoms with E-state index in [1.54, 1.807) is 25.1 Å². The molecule has 1 aliphatic heterocycles. The van der Waals surface area contributed by atoms with Crippen molar-refractivity contribution < 1.29 is 14.3 Å². The van der Waals surface area contributed by atoms with Crippen LogP contribution < -0.4 is 0 Å². The second kappa shape index (κ2) is 19.2. The van der Waals surface area contributed by atoms with Crippen LogP contribution in [-0.4, -0.2) is 22.8 Å². The number of epoxide rings is 1. The fourth-order valence-electron chi connectivity index (χ4n) is 6.75. The first-order chi connectivity index (χ1) is 23.3. The van der Waals surface area contributed by atoms with Gasteiger partial charge in [-0.1, -0.05) is 106 Å². The van der Waals surface area contributed by atoms with Crippen molar-refractivity contribution >= 4 is 11.6 Å². The lowest BCUT2D eigenvalue weighted by molar-refractivity contribution is 0.0847. The van der Waals surface area contributed by atoms with Gasteiger partial charge < -0.3 is 4.74 Å². The highest BCUT2D eigenvalue weighted by Crippen LogP contribution is 2.57. The Morgan fingerprint density at radius 1 is 0.510 bits per heavy atom. The van der Waals surface area contributed by atoms with E-state index in [0.717, 1.165) is 70.6 Å². The molecule has 1 aromatic carbocycles. The highest BCUT2D eigenvalue weighted by molar-refractivity contribution is 6.25. The third-order valence-corrected chi connectivity index (χ3v) is 10.3. The molecule has 0 spiro atoms. The maximum absolute atomic E-state index is 13.3. The predicted molar refractivity (Wildman–Crippen MR) is 209 cm³/mol. The van der Waals surface area contributed by atoms with Gasteiger partial charge >= 0.3 is 0 Å². The Labute approximate surface area is 299 Å². The summed E-state index contributed by atoms with van der Waals surface area (Å²) in [6.45, 7) is 19.5. The summed E-state index contributed by atoms with van der Waals surface area (Å²) < 4.78 is 5.94. The number of hydrogen-bond acceptors (Lipinski definition) is 3. The fraction of sp³-hybridized carbons (Fsp3) is 0.522. The molecule has 1 heterocycles. The molecule has 3 rings (SSSR count). The number of rotatable bonds is 20. The van der Waals surface area contributed by atoms with E-state index in [4.69, 9.17) is 4.74 Å². The van der Waals surface area contributed by atoms with Gasteiger partial charge in [-0.2, -0.15) is 0 Å². The van der Waals surface area contributed by atoms with Crippen LogP contribution in [0.25, 0.3) is 0 Å². The van der Waals surface area contributed by atoms with Crippen molar-refractivity contribution in [3.8, 4) is 0 Å². The monoisotopic (exact) mass is 664 g/mol. The number of benzene rings is 1. The van der Waals surface area contributed by atoms with Gasteiger partial charge in [-0.15, -0.1) is 0 Å². The van der Waals surface area contributed by atoms with Gasteiger partial charge in [0.15, 0.2) is 22.8 Å². The number of carbonyl (C=O) groups is 2. The summed E-state index contributed by atoms with van der Waals surface area (Å²) in [5.41, 5.74) is 8.95. The maximum atomic E-state index is 13.3. The van der Waals surface area contributed by atoms with Crippen LogP contribution in [0.4, 0.5) is 0 Å². The van der Waals surface area contributed by atoms with Gasteiger partial charge in [0.25, 0.3) is 0 Å². The van der Waals surface area contributed by atoms with Crippen LogP contribution in [0, 0.1) is 0 Å². The molecule has 1 aliphatic carbocycles. The Kier molecular flexibility index (Phi) is 15.7. The molecular weight excluding hydrogens is 601 g/mol. The molecule has 0 amide bonds. The molecular formula is C46H64O3. The minimum absolute atomic E-state index is 0.0616. The molecule has 0 aromatic heterocycles. The van der Waals surface area contributed by atoms with E-state index in [1.165, 1.54) is 45.4 Å². The zero-order valence-electron chi connectivity index (χ0n) is 32.3. The first kappa shape index (κ1) is 40.1. The molecule has 49 heavy (non-hydrogen) atoms. The molecule has 0 saturated carbocycles. The lowest BCUT2D eigenvalue weighted by Crippen LogP contribution is -2.43. The third kappa shape index (κ3) is 11.9. The van der Waals surface area contributed by atoms with Crippen molar-refractivity contribution in [1.82, 2.24) is 0 Å². The molecule has 0 N–H and O–H groups in total. The molecule has 0 bridgehead atoms. The molecule has 1 fully saturated rings. The van der Waals surface area contributed by atoms with Crippen LogP contribution in [0.3, 0.4) is 0 Å². The van der Waals surface area contributed by atoms with Gasteiger partial charge in [0, 0.05) is 17.5 Å². The molecule has 1 saturated heterocycles.